The lowest BCUT2D eigenvalue weighted by Crippen LogP contribution is -2.45. The SMILES string of the molecule is O=C(c1cc2ccccn2c1)N1CCC(n2c(=O)[nH]c3ccccc3c2=O)CC1. The molecular formula is C22H20N4O3. The number of pyridine rings is 1. The number of rotatable bonds is 2. The Balaban J connectivity index is 1.38. The van der Waals surface area contributed by atoms with Crippen LogP contribution in [0.2, 0.25) is 0 Å². The summed E-state index contributed by atoms with van der Waals surface area (Å²) in [6, 6.07) is 14.5. The van der Waals surface area contributed by atoms with E-state index >= 15 is 0 Å². The summed E-state index contributed by atoms with van der Waals surface area (Å²) in [6.45, 7) is 1.02. The number of piperidine rings is 1. The standard InChI is InChI=1S/C22H20N4O3/c27-20(15-13-17-5-3-4-10-25(17)14-15)24-11-8-16(9-12-24)26-21(28)18-6-1-2-7-19(18)23-22(26)29/h1-7,10,13-14,16H,8-9,11-12H2,(H,23,29). The summed E-state index contributed by atoms with van der Waals surface area (Å²) < 4.78 is 3.24. The number of para-hydroxylation sites is 1. The van der Waals surface area contributed by atoms with Crippen LogP contribution in [-0.2, 0) is 0 Å². The molecule has 1 amide bonds. The van der Waals surface area contributed by atoms with Gasteiger partial charge in [-0.1, -0.05) is 18.2 Å². The number of fused-ring (bicyclic) bond motifs is 2. The van der Waals surface area contributed by atoms with Crippen LogP contribution in [0.1, 0.15) is 29.2 Å². The molecule has 1 saturated heterocycles. The monoisotopic (exact) mass is 388 g/mol. The number of nitrogens with zero attached hydrogens (tertiary/aromatic N) is 3. The third-order valence-electron chi connectivity index (χ3n) is 5.70. The Kier molecular flexibility index (Phi) is 4.08. The molecule has 0 bridgehead atoms. The summed E-state index contributed by atoms with van der Waals surface area (Å²) in [5, 5.41) is 0.506. The van der Waals surface area contributed by atoms with E-state index in [1.165, 1.54) is 4.57 Å². The first-order valence-electron chi connectivity index (χ1n) is 9.71. The fraction of sp³-hybridized carbons (Fsp3) is 0.227. The molecule has 1 N–H and O–H groups in total. The number of amides is 1. The predicted octanol–water partition coefficient (Wildman–Crippen LogP) is 2.42. The first kappa shape index (κ1) is 17.5. The maximum absolute atomic E-state index is 12.9. The van der Waals surface area contributed by atoms with Crippen molar-refractivity contribution in [3.8, 4) is 0 Å². The van der Waals surface area contributed by atoms with Crippen LogP contribution in [0.4, 0.5) is 0 Å². The summed E-state index contributed by atoms with van der Waals surface area (Å²) in [6.07, 6.45) is 4.89. The Morgan fingerprint density at radius 2 is 1.76 bits per heavy atom. The second-order valence-corrected chi connectivity index (χ2v) is 7.44. The fourth-order valence-electron chi connectivity index (χ4n) is 4.19. The van der Waals surface area contributed by atoms with Crippen LogP contribution in [0.5, 0.6) is 0 Å². The van der Waals surface area contributed by atoms with Crippen LogP contribution >= 0.6 is 0 Å². The van der Waals surface area contributed by atoms with E-state index in [9.17, 15) is 14.4 Å². The Bertz CT molecular complexity index is 1310. The van der Waals surface area contributed by atoms with Gasteiger partial charge in [-0.05, 0) is 43.2 Å². The summed E-state index contributed by atoms with van der Waals surface area (Å²) in [7, 11) is 0. The molecule has 146 valence electrons. The molecule has 4 heterocycles. The van der Waals surface area contributed by atoms with Crippen LogP contribution < -0.4 is 11.2 Å². The van der Waals surface area contributed by atoms with Gasteiger partial charge in [0.15, 0.2) is 0 Å². The lowest BCUT2D eigenvalue weighted by atomic mass is 10.0. The van der Waals surface area contributed by atoms with Gasteiger partial charge in [0, 0.05) is 37.0 Å². The van der Waals surface area contributed by atoms with Gasteiger partial charge >= 0.3 is 5.69 Å². The van der Waals surface area contributed by atoms with Gasteiger partial charge in [-0.3, -0.25) is 14.2 Å². The molecule has 0 atom stereocenters. The van der Waals surface area contributed by atoms with Gasteiger partial charge in [-0.25, -0.2) is 4.79 Å². The zero-order valence-corrected chi connectivity index (χ0v) is 15.7. The smallest absolute Gasteiger partial charge is 0.329 e. The van der Waals surface area contributed by atoms with Gasteiger partial charge in [-0.2, -0.15) is 0 Å². The third kappa shape index (κ3) is 2.95. The number of carbonyl (C=O) groups is 1. The second-order valence-electron chi connectivity index (χ2n) is 7.44. The van der Waals surface area contributed by atoms with Crippen LogP contribution in [0.25, 0.3) is 16.4 Å². The number of carbonyl (C=O) groups excluding carboxylic acids is 1. The third-order valence-corrected chi connectivity index (χ3v) is 5.70. The van der Waals surface area contributed by atoms with Gasteiger partial charge in [0.05, 0.1) is 16.5 Å². The number of hydrogen-bond acceptors (Lipinski definition) is 3. The number of aromatic nitrogens is 3. The number of nitrogens with one attached hydrogen (secondary N) is 1. The highest BCUT2D eigenvalue weighted by Gasteiger charge is 2.27. The van der Waals surface area contributed by atoms with Crippen LogP contribution in [0, 0.1) is 0 Å². The highest BCUT2D eigenvalue weighted by molar-refractivity contribution is 5.95. The Morgan fingerprint density at radius 1 is 1.00 bits per heavy atom. The van der Waals surface area contributed by atoms with Crippen molar-refractivity contribution < 1.29 is 4.79 Å². The van der Waals surface area contributed by atoms with Crippen molar-refractivity contribution in [2.75, 3.05) is 13.1 Å². The van der Waals surface area contributed by atoms with E-state index in [-0.39, 0.29) is 17.5 Å². The first-order valence-corrected chi connectivity index (χ1v) is 9.71. The molecule has 1 fully saturated rings. The second kappa shape index (κ2) is 6.77. The van der Waals surface area contributed by atoms with E-state index in [1.54, 1.807) is 29.2 Å². The normalized spacial score (nSPS) is 15.2. The maximum atomic E-state index is 12.9. The molecular weight excluding hydrogens is 368 g/mol. The van der Waals surface area contributed by atoms with Crippen molar-refractivity contribution in [1.29, 1.82) is 0 Å². The van der Waals surface area contributed by atoms with Gasteiger partial charge < -0.3 is 14.3 Å². The quantitative estimate of drug-likeness (QED) is 0.573. The van der Waals surface area contributed by atoms with E-state index in [2.05, 4.69) is 4.98 Å². The molecule has 0 radical (unpaired) electrons. The van der Waals surface area contributed by atoms with Gasteiger partial charge in [0.2, 0.25) is 0 Å². The van der Waals surface area contributed by atoms with Crippen LogP contribution in [0.15, 0.2) is 70.5 Å². The zero-order chi connectivity index (χ0) is 20.0. The summed E-state index contributed by atoms with van der Waals surface area (Å²) in [5.41, 5.74) is 1.51. The fourth-order valence-corrected chi connectivity index (χ4v) is 4.19. The van der Waals surface area contributed by atoms with Crippen molar-refractivity contribution in [3.05, 3.63) is 87.3 Å². The molecule has 1 aliphatic rings. The van der Waals surface area contributed by atoms with E-state index in [1.807, 2.05) is 41.1 Å². The zero-order valence-electron chi connectivity index (χ0n) is 15.7. The lowest BCUT2D eigenvalue weighted by Gasteiger charge is -2.32. The maximum Gasteiger partial charge on any atom is 0.329 e. The average molecular weight is 388 g/mol. The number of aromatic amines is 1. The number of H-pyrrole nitrogens is 1. The molecule has 4 aromatic rings. The topological polar surface area (TPSA) is 79.6 Å². The van der Waals surface area contributed by atoms with Crippen molar-refractivity contribution in [2.24, 2.45) is 0 Å². The number of hydrogen-bond donors (Lipinski definition) is 1. The summed E-state index contributed by atoms with van der Waals surface area (Å²) in [5.74, 6) is -0.0214. The minimum absolute atomic E-state index is 0.0214. The molecule has 0 unspecified atom stereocenters. The van der Waals surface area contributed by atoms with Gasteiger partial charge in [-0.15, -0.1) is 0 Å². The highest BCUT2D eigenvalue weighted by Crippen LogP contribution is 2.22. The molecule has 7 nitrogen and oxygen atoms in total. The molecule has 0 aliphatic carbocycles. The molecule has 1 aromatic carbocycles. The van der Waals surface area contributed by atoms with Crippen molar-refractivity contribution in [2.45, 2.75) is 18.9 Å². The van der Waals surface area contributed by atoms with E-state index < -0.39 is 5.69 Å². The molecule has 0 spiro atoms. The highest BCUT2D eigenvalue weighted by atomic mass is 16.2. The van der Waals surface area contributed by atoms with Gasteiger partial charge in [0.25, 0.3) is 11.5 Å². The number of benzene rings is 1. The minimum Gasteiger partial charge on any atom is -0.338 e. The van der Waals surface area contributed by atoms with Crippen molar-refractivity contribution in [1.82, 2.24) is 18.9 Å². The molecule has 29 heavy (non-hydrogen) atoms. The Morgan fingerprint density at radius 3 is 2.55 bits per heavy atom. The predicted molar refractivity (Wildman–Crippen MR) is 110 cm³/mol. The lowest BCUT2D eigenvalue weighted by molar-refractivity contribution is 0.0692. The molecule has 7 heteroatoms. The van der Waals surface area contributed by atoms with E-state index in [0.717, 1.165) is 5.52 Å². The largest absolute Gasteiger partial charge is 0.338 e. The average Bonchev–Trinajstić information content (AvgIpc) is 3.18. The van der Waals surface area contributed by atoms with Crippen LogP contribution in [0.3, 0.4) is 0 Å². The van der Waals surface area contributed by atoms with E-state index in [4.69, 9.17) is 0 Å². The minimum atomic E-state index is -0.392. The molecule has 3 aromatic heterocycles. The number of likely N-dealkylation sites (tertiary alicyclic amines) is 1. The summed E-state index contributed by atoms with van der Waals surface area (Å²) >= 11 is 0. The van der Waals surface area contributed by atoms with E-state index in [0.29, 0.717) is 42.4 Å². The first-order chi connectivity index (χ1) is 14.1. The Labute approximate surface area is 165 Å². The Hall–Kier alpha value is -3.61. The molecule has 1 aliphatic heterocycles. The van der Waals surface area contributed by atoms with Crippen molar-refractivity contribution >= 4 is 22.3 Å². The molecule has 5 rings (SSSR count). The van der Waals surface area contributed by atoms with Crippen molar-refractivity contribution in [3.63, 3.8) is 0 Å². The molecule has 0 saturated carbocycles. The van der Waals surface area contributed by atoms with Gasteiger partial charge in [0.1, 0.15) is 0 Å². The summed E-state index contributed by atoms with van der Waals surface area (Å²) in [4.78, 5) is 42.8. The van der Waals surface area contributed by atoms with Crippen LogP contribution in [-0.4, -0.2) is 37.8 Å².